The van der Waals surface area contributed by atoms with Gasteiger partial charge in [0.1, 0.15) is 0 Å². The molecule has 0 spiro atoms. The molecule has 1 aliphatic carbocycles. The van der Waals surface area contributed by atoms with Crippen molar-refractivity contribution >= 4 is 24.4 Å². The summed E-state index contributed by atoms with van der Waals surface area (Å²) in [5, 5.41) is 0. The van der Waals surface area contributed by atoms with Crippen molar-refractivity contribution in [1.29, 1.82) is 0 Å². The second-order valence-electron chi connectivity index (χ2n) is 5.89. The largest absolute Gasteiger partial charge is 0.416 e. The third-order valence-electron chi connectivity index (χ3n) is 4.21. The van der Waals surface area contributed by atoms with Gasteiger partial charge < -0.3 is 0 Å². The van der Waals surface area contributed by atoms with Crippen LogP contribution in [0.1, 0.15) is 44.1 Å². The molecule has 0 N–H and O–H groups in total. The SMILES string of the molecule is FC(F)(F)c1cccc(SCC2(CS)CCCCCC2)c1. The number of alkyl halides is 3. The molecule has 0 saturated heterocycles. The van der Waals surface area contributed by atoms with Crippen LogP contribution in [0.5, 0.6) is 0 Å². The van der Waals surface area contributed by atoms with Crippen LogP contribution in [0, 0.1) is 5.41 Å². The van der Waals surface area contributed by atoms with Crippen molar-refractivity contribution in [3.8, 4) is 0 Å². The average molecular weight is 334 g/mol. The molecular weight excluding hydrogens is 313 g/mol. The first-order valence-electron chi connectivity index (χ1n) is 7.36. The van der Waals surface area contributed by atoms with Crippen LogP contribution in [0.25, 0.3) is 0 Å². The molecule has 0 unspecified atom stereocenters. The minimum Gasteiger partial charge on any atom is -0.179 e. The number of thiol groups is 1. The standard InChI is InChI=1S/C16H21F3S2/c17-16(18,19)13-6-5-7-14(10-13)21-12-15(11-20)8-3-1-2-4-9-15/h5-7,10,20H,1-4,8-9,11-12H2. The van der Waals surface area contributed by atoms with E-state index < -0.39 is 11.7 Å². The van der Waals surface area contributed by atoms with E-state index in [1.54, 1.807) is 17.8 Å². The number of hydrogen-bond acceptors (Lipinski definition) is 2. The van der Waals surface area contributed by atoms with Crippen LogP contribution in [0.4, 0.5) is 13.2 Å². The van der Waals surface area contributed by atoms with Gasteiger partial charge in [-0.1, -0.05) is 31.7 Å². The molecule has 1 fully saturated rings. The molecule has 1 aromatic rings. The van der Waals surface area contributed by atoms with Crippen molar-refractivity contribution in [3.05, 3.63) is 29.8 Å². The third-order valence-corrected chi connectivity index (χ3v) is 6.22. The summed E-state index contributed by atoms with van der Waals surface area (Å²) in [5.41, 5.74) is -0.383. The van der Waals surface area contributed by atoms with Crippen LogP contribution in [0.2, 0.25) is 0 Å². The van der Waals surface area contributed by atoms with Gasteiger partial charge in [-0.3, -0.25) is 0 Å². The first-order valence-corrected chi connectivity index (χ1v) is 8.98. The second kappa shape index (κ2) is 7.32. The summed E-state index contributed by atoms with van der Waals surface area (Å²) in [6.45, 7) is 0. The van der Waals surface area contributed by atoms with Gasteiger partial charge in [-0.05, 0) is 42.2 Å². The van der Waals surface area contributed by atoms with Crippen LogP contribution in [-0.4, -0.2) is 11.5 Å². The number of rotatable bonds is 4. The molecule has 2 rings (SSSR count). The quantitative estimate of drug-likeness (QED) is 0.396. The predicted molar refractivity (Wildman–Crippen MR) is 86.2 cm³/mol. The highest BCUT2D eigenvalue weighted by atomic mass is 32.2. The lowest BCUT2D eigenvalue weighted by atomic mass is 9.84. The summed E-state index contributed by atoms with van der Waals surface area (Å²) in [5.74, 6) is 1.68. The van der Waals surface area contributed by atoms with Gasteiger partial charge in [-0.15, -0.1) is 11.8 Å². The lowest BCUT2D eigenvalue weighted by Crippen LogP contribution is -2.25. The number of thioether (sulfide) groups is 1. The van der Waals surface area contributed by atoms with E-state index in [-0.39, 0.29) is 5.41 Å². The zero-order valence-corrected chi connectivity index (χ0v) is 13.7. The lowest BCUT2D eigenvalue weighted by molar-refractivity contribution is -0.137. The fourth-order valence-corrected chi connectivity index (χ4v) is 4.65. The maximum Gasteiger partial charge on any atom is 0.416 e. The number of halogens is 3. The highest BCUT2D eigenvalue weighted by molar-refractivity contribution is 7.99. The minimum absolute atomic E-state index is 0.179. The van der Waals surface area contributed by atoms with E-state index in [1.165, 1.54) is 37.8 Å². The lowest BCUT2D eigenvalue weighted by Gasteiger charge is -2.30. The van der Waals surface area contributed by atoms with Crippen LogP contribution < -0.4 is 0 Å². The van der Waals surface area contributed by atoms with Gasteiger partial charge in [0.05, 0.1) is 5.56 Å². The maximum absolute atomic E-state index is 12.7. The summed E-state index contributed by atoms with van der Waals surface area (Å²) >= 11 is 6.06. The van der Waals surface area contributed by atoms with Crippen molar-refractivity contribution in [2.24, 2.45) is 5.41 Å². The van der Waals surface area contributed by atoms with E-state index in [1.807, 2.05) is 0 Å². The topological polar surface area (TPSA) is 0 Å². The van der Waals surface area contributed by atoms with E-state index in [0.29, 0.717) is 4.90 Å². The van der Waals surface area contributed by atoms with E-state index in [4.69, 9.17) is 0 Å². The highest BCUT2D eigenvalue weighted by Crippen LogP contribution is 2.41. The zero-order chi connectivity index (χ0) is 15.3. The molecule has 5 heteroatoms. The Morgan fingerprint density at radius 3 is 2.33 bits per heavy atom. The fraction of sp³-hybridized carbons (Fsp3) is 0.625. The van der Waals surface area contributed by atoms with Crippen molar-refractivity contribution in [1.82, 2.24) is 0 Å². The molecule has 118 valence electrons. The number of hydrogen-bond donors (Lipinski definition) is 1. The summed E-state index contributed by atoms with van der Waals surface area (Å²) in [6, 6.07) is 5.64. The molecule has 0 atom stereocenters. The molecule has 0 aliphatic heterocycles. The van der Waals surface area contributed by atoms with Crippen LogP contribution in [-0.2, 0) is 6.18 Å². The zero-order valence-electron chi connectivity index (χ0n) is 12.0. The van der Waals surface area contributed by atoms with Crippen LogP contribution in [0.15, 0.2) is 29.2 Å². The molecular formula is C16H21F3S2. The number of benzene rings is 1. The molecule has 21 heavy (non-hydrogen) atoms. The maximum atomic E-state index is 12.7. The van der Waals surface area contributed by atoms with Crippen LogP contribution >= 0.6 is 24.4 Å². The summed E-state index contributed by atoms with van der Waals surface area (Å²) < 4.78 is 38.2. The summed E-state index contributed by atoms with van der Waals surface area (Å²) in [6.07, 6.45) is 2.98. The highest BCUT2D eigenvalue weighted by Gasteiger charge is 2.32. The Balaban J connectivity index is 2.04. The molecule has 0 nitrogen and oxygen atoms in total. The minimum atomic E-state index is -4.26. The van der Waals surface area contributed by atoms with Gasteiger partial charge in [0, 0.05) is 10.6 Å². The van der Waals surface area contributed by atoms with Gasteiger partial charge in [0.2, 0.25) is 0 Å². The van der Waals surface area contributed by atoms with Gasteiger partial charge in [0.25, 0.3) is 0 Å². The first kappa shape index (κ1) is 17.1. The molecule has 0 radical (unpaired) electrons. The van der Waals surface area contributed by atoms with Crippen molar-refractivity contribution in [3.63, 3.8) is 0 Å². The Labute approximate surface area is 134 Å². The van der Waals surface area contributed by atoms with Crippen molar-refractivity contribution < 1.29 is 13.2 Å². The summed E-state index contributed by atoms with van der Waals surface area (Å²) in [7, 11) is 0. The van der Waals surface area contributed by atoms with Gasteiger partial charge in [-0.25, -0.2) is 0 Å². The smallest absolute Gasteiger partial charge is 0.179 e. The Bertz CT molecular complexity index is 449. The average Bonchev–Trinajstić information content (AvgIpc) is 2.71. The van der Waals surface area contributed by atoms with Crippen molar-refractivity contribution in [2.75, 3.05) is 11.5 Å². The Morgan fingerprint density at radius 1 is 1.10 bits per heavy atom. The first-order chi connectivity index (χ1) is 9.95. The van der Waals surface area contributed by atoms with E-state index in [9.17, 15) is 13.2 Å². The Hall–Kier alpha value is -0.290. The molecule has 0 aromatic heterocycles. The third kappa shape index (κ3) is 4.85. The van der Waals surface area contributed by atoms with Gasteiger partial charge in [0.15, 0.2) is 0 Å². The molecule has 1 saturated carbocycles. The molecule has 1 aromatic carbocycles. The van der Waals surface area contributed by atoms with Gasteiger partial charge in [-0.2, -0.15) is 25.8 Å². The molecule has 0 heterocycles. The van der Waals surface area contributed by atoms with Gasteiger partial charge >= 0.3 is 6.18 Å². The Kier molecular flexibility index (Phi) is 5.95. The second-order valence-corrected chi connectivity index (χ2v) is 7.25. The van der Waals surface area contributed by atoms with E-state index in [2.05, 4.69) is 12.6 Å². The van der Waals surface area contributed by atoms with Crippen LogP contribution in [0.3, 0.4) is 0 Å². The normalized spacial score (nSPS) is 19.2. The fourth-order valence-electron chi connectivity index (χ4n) is 2.83. The predicted octanol–water partition coefficient (Wildman–Crippen LogP) is 6.07. The van der Waals surface area contributed by atoms with E-state index >= 15 is 0 Å². The van der Waals surface area contributed by atoms with Crippen molar-refractivity contribution in [2.45, 2.75) is 49.6 Å². The summed E-state index contributed by atoms with van der Waals surface area (Å²) in [4.78, 5) is 0.704. The molecule has 1 aliphatic rings. The van der Waals surface area contributed by atoms with E-state index in [0.717, 1.165) is 30.4 Å². The molecule has 0 amide bonds. The Morgan fingerprint density at radius 2 is 1.76 bits per heavy atom. The monoisotopic (exact) mass is 334 g/mol. The molecule has 0 bridgehead atoms.